The number of nitrogens with zero attached hydrogens (tertiary/aromatic N) is 3. The number of ether oxygens (including phenoxy) is 1. The first-order valence-corrected chi connectivity index (χ1v) is 19.5. The number of hydrogen-bond donors (Lipinski definition) is 3. The summed E-state index contributed by atoms with van der Waals surface area (Å²) in [5.74, 6) is -0.351. The van der Waals surface area contributed by atoms with E-state index < -0.39 is 6.09 Å². The van der Waals surface area contributed by atoms with E-state index in [-0.39, 0.29) is 30.6 Å². The van der Waals surface area contributed by atoms with Crippen LogP contribution in [0.3, 0.4) is 0 Å². The van der Waals surface area contributed by atoms with Gasteiger partial charge in [0, 0.05) is 61.6 Å². The van der Waals surface area contributed by atoms with Gasteiger partial charge in [0.05, 0.1) is 24.0 Å². The van der Waals surface area contributed by atoms with Gasteiger partial charge in [-0.05, 0) is 67.1 Å². The number of para-hydroxylation sites is 2. The Morgan fingerprint density at radius 3 is 1.82 bits per heavy atom. The molecule has 2 saturated heterocycles. The molecule has 10 nitrogen and oxygen atoms in total. The second-order valence-electron chi connectivity index (χ2n) is 14.4. The van der Waals surface area contributed by atoms with Gasteiger partial charge in [-0.3, -0.25) is 14.5 Å². The van der Waals surface area contributed by atoms with E-state index in [2.05, 4.69) is 15.5 Å². The molecule has 0 radical (unpaired) electrons. The summed E-state index contributed by atoms with van der Waals surface area (Å²) in [6.07, 6.45) is 1.71. The molecule has 2 aliphatic heterocycles. The molecule has 288 valence electrons. The molecule has 2 fully saturated rings. The first-order valence-electron chi connectivity index (χ1n) is 19.5. The average molecular weight is 752 g/mol. The Morgan fingerprint density at radius 1 is 0.661 bits per heavy atom. The zero-order valence-electron chi connectivity index (χ0n) is 31.6. The number of amides is 3. The number of likely N-dealkylation sites (tertiary alicyclic amines) is 2. The third-order valence-electron chi connectivity index (χ3n) is 10.5. The lowest BCUT2D eigenvalue weighted by Crippen LogP contribution is -2.43. The zero-order chi connectivity index (χ0) is 38.7. The summed E-state index contributed by atoms with van der Waals surface area (Å²) in [4.78, 5) is 46.1. The summed E-state index contributed by atoms with van der Waals surface area (Å²) in [5, 5.41) is 15.6. The van der Waals surface area contributed by atoms with E-state index in [0.29, 0.717) is 63.1 Å². The number of aliphatic hydroxyl groups excluding tert-OH is 1. The van der Waals surface area contributed by atoms with Crippen molar-refractivity contribution >= 4 is 35.0 Å². The lowest BCUT2D eigenvalue weighted by molar-refractivity contribution is -0.117. The number of nitrogens with one attached hydrogen (secondary N) is 2. The molecule has 2 heterocycles. The summed E-state index contributed by atoms with van der Waals surface area (Å²) in [6, 6.07) is 43.0. The number of carbonyl (C=O) groups is 3. The first-order chi connectivity index (χ1) is 27.4. The van der Waals surface area contributed by atoms with Gasteiger partial charge in [0.25, 0.3) is 5.91 Å². The third-order valence-corrected chi connectivity index (χ3v) is 10.5. The zero-order valence-corrected chi connectivity index (χ0v) is 31.6. The lowest BCUT2D eigenvalue weighted by Gasteiger charge is -2.33. The molecule has 3 N–H and O–H groups in total. The van der Waals surface area contributed by atoms with Gasteiger partial charge in [-0.15, -0.1) is 0 Å². The van der Waals surface area contributed by atoms with Crippen molar-refractivity contribution in [1.82, 2.24) is 15.1 Å². The molecule has 0 spiro atoms. The van der Waals surface area contributed by atoms with Crippen molar-refractivity contribution in [2.45, 2.75) is 37.9 Å². The number of rotatable bonds is 12. The molecule has 2 aliphatic rings. The van der Waals surface area contributed by atoms with Gasteiger partial charge < -0.3 is 25.4 Å². The predicted octanol–water partition coefficient (Wildman–Crippen LogP) is 7.58. The molecular weight excluding hydrogens is 703 g/mol. The minimum absolute atomic E-state index is 0.144. The van der Waals surface area contributed by atoms with E-state index in [9.17, 15) is 19.5 Å². The first kappa shape index (κ1) is 38.5. The monoisotopic (exact) mass is 751 g/mol. The second kappa shape index (κ2) is 18.7. The van der Waals surface area contributed by atoms with Crippen LogP contribution < -0.4 is 15.5 Å². The van der Waals surface area contributed by atoms with Crippen LogP contribution in [-0.4, -0.2) is 90.8 Å². The lowest BCUT2D eigenvalue weighted by atomic mass is 10.00. The van der Waals surface area contributed by atoms with Crippen molar-refractivity contribution in [3.8, 4) is 22.3 Å². The average Bonchev–Trinajstić information content (AvgIpc) is 3.23. The molecule has 5 aromatic rings. The van der Waals surface area contributed by atoms with Crippen molar-refractivity contribution in [3.05, 3.63) is 139 Å². The van der Waals surface area contributed by atoms with Gasteiger partial charge in [0.1, 0.15) is 6.10 Å². The van der Waals surface area contributed by atoms with E-state index in [0.717, 1.165) is 46.7 Å². The van der Waals surface area contributed by atoms with Crippen molar-refractivity contribution < 1.29 is 24.2 Å². The Hall–Kier alpha value is -5.81. The fourth-order valence-corrected chi connectivity index (χ4v) is 7.48. The number of anilines is 3. The third kappa shape index (κ3) is 9.89. The second-order valence-corrected chi connectivity index (χ2v) is 14.4. The Kier molecular flexibility index (Phi) is 12.8. The van der Waals surface area contributed by atoms with E-state index in [1.165, 1.54) is 0 Å². The number of benzene rings is 5. The van der Waals surface area contributed by atoms with Crippen LogP contribution in [0.2, 0.25) is 0 Å². The fourth-order valence-electron chi connectivity index (χ4n) is 7.48. The number of piperidine rings is 2. The summed E-state index contributed by atoms with van der Waals surface area (Å²) in [6.45, 7) is 4.20. The largest absolute Gasteiger partial charge is 0.445 e. The van der Waals surface area contributed by atoms with Crippen LogP contribution in [0.15, 0.2) is 133 Å². The van der Waals surface area contributed by atoms with Crippen molar-refractivity contribution in [2.75, 3.05) is 56.0 Å². The van der Waals surface area contributed by atoms with Crippen LogP contribution >= 0.6 is 0 Å². The Morgan fingerprint density at radius 2 is 1.21 bits per heavy atom. The predicted molar refractivity (Wildman–Crippen MR) is 221 cm³/mol. The van der Waals surface area contributed by atoms with Crippen LogP contribution in [0.1, 0.15) is 36.0 Å². The number of hydrogen-bond acceptors (Lipinski definition) is 7. The topological polar surface area (TPSA) is 114 Å². The minimum atomic E-state index is -0.424. The van der Waals surface area contributed by atoms with Crippen LogP contribution in [0, 0.1) is 0 Å². The normalized spacial score (nSPS) is 15.5. The van der Waals surface area contributed by atoms with Crippen LogP contribution in [-0.2, 0) is 9.53 Å². The highest BCUT2D eigenvalue weighted by Crippen LogP contribution is 2.40. The minimum Gasteiger partial charge on any atom is -0.445 e. The summed E-state index contributed by atoms with van der Waals surface area (Å²) >= 11 is 0. The summed E-state index contributed by atoms with van der Waals surface area (Å²) < 4.78 is 6.33. The molecule has 56 heavy (non-hydrogen) atoms. The standard InChI is InChI=1S/C46H49N5O5/c52-38-22-27-50(28-23-38)33-44(53)48-37-17-11-16-36(32-37)45(54)47-26-31-49-29-24-39(25-30-49)56-46(55)51(42-20-9-7-18-40(42)34-12-3-1-4-13-34)43-21-10-8-19-41(43)35-14-5-2-6-15-35/h1-21,32,38-39,52H,22-31,33H2,(H,47,54)(H,48,53). The van der Waals surface area contributed by atoms with E-state index in [1.807, 2.05) is 114 Å². The molecule has 0 bridgehead atoms. The SMILES string of the molecule is O=C(CN1CCC(O)CC1)Nc1cccc(C(=O)NCCN2CCC(OC(=O)N(c3ccccc3-c3ccccc3)c3ccccc3-c3ccccc3)CC2)c1. The maximum atomic E-state index is 14.4. The molecule has 7 rings (SSSR count). The van der Waals surface area contributed by atoms with Gasteiger partial charge in [-0.1, -0.05) is 103 Å². The maximum absolute atomic E-state index is 14.4. The van der Waals surface area contributed by atoms with E-state index >= 15 is 0 Å². The molecular formula is C46H49N5O5. The fraction of sp³-hybridized carbons (Fsp3) is 0.283. The van der Waals surface area contributed by atoms with Gasteiger partial charge in [0.15, 0.2) is 0 Å². The Balaban J connectivity index is 0.953. The van der Waals surface area contributed by atoms with Gasteiger partial charge in [0.2, 0.25) is 5.91 Å². The van der Waals surface area contributed by atoms with Crippen molar-refractivity contribution in [1.29, 1.82) is 0 Å². The number of aliphatic hydroxyl groups is 1. The molecule has 0 aromatic heterocycles. The quantitative estimate of drug-likeness (QED) is 0.120. The van der Waals surface area contributed by atoms with Crippen molar-refractivity contribution in [3.63, 3.8) is 0 Å². The molecule has 3 amide bonds. The van der Waals surface area contributed by atoms with Gasteiger partial charge in [-0.2, -0.15) is 0 Å². The summed E-state index contributed by atoms with van der Waals surface area (Å²) in [5.41, 5.74) is 6.39. The Labute approximate surface area is 328 Å². The van der Waals surface area contributed by atoms with E-state index in [4.69, 9.17) is 4.74 Å². The molecule has 0 atom stereocenters. The van der Waals surface area contributed by atoms with E-state index in [1.54, 1.807) is 29.2 Å². The molecule has 0 aliphatic carbocycles. The van der Waals surface area contributed by atoms with Crippen LogP contribution in [0.4, 0.5) is 21.9 Å². The molecule has 10 heteroatoms. The maximum Gasteiger partial charge on any atom is 0.419 e. The van der Waals surface area contributed by atoms with Crippen LogP contribution in [0.5, 0.6) is 0 Å². The Bertz CT molecular complexity index is 2000. The highest BCUT2D eigenvalue weighted by atomic mass is 16.6. The molecule has 0 unspecified atom stereocenters. The highest BCUT2D eigenvalue weighted by molar-refractivity contribution is 6.04. The molecule has 5 aromatic carbocycles. The molecule has 0 saturated carbocycles. The van der Waals surface area contributed by atoms with Crippen molar-refractivity contribution in [2.24, 2.45) is 0 Å². The van der Waals surface area contributed by atoms with Crippen LogP contribution in [0.25, 0.3) is 22.3 Å². The number of carbonyl (C=O) groups excluding carboxylic acids is 3. The smallest absolute Gasteiger partial charge is 0.419 e. The highest BCUT2D eigenvalue weighted by Gasteiger charge is 2.30. The van der Waals surface area contributed by atoms with Gasteiger partial charge in [-0.25, -0.2) is 9.69 Å². The van der Waals surface area contributed by atoms with Gasteiger partial charge >= 0.3 is 6.09 Å². The summed E-state index contributed by atoms with van der Waals surface area (Å²) in [7, 11) is 0.